The molecule has 0 saturated heterocycles. The van der Waals surface area contributed by atoms with Gasteiger partial charge in [0.15, 0.2) is 0 Å². The quantitative estimate of drug-likeness (QED) is 0.350. The number of carbonyl (C=O) groups is 2. The first-order valence-corrected chi connectivity index (χ1v) is 5.12. The normalized spacial score (nSPS) is 9.75. The fourth-order valence-corrected chi connectivity index (χ4v) is 0.964. The molecule has 0 aliphatic carbocycles. The molecule has 0 aromatic carbocycles. The molecule has 0 unspecified atom stereocenters. The Bertz CT molecular complexity index is 151. The zero-order chi connectivity index (χ0) is 9.56. The van der Waals surface area contributed by atoms with Crippen LogP contribution >= 0.6 is 0 Å². The van der Waals surface area contributed by atoms with Crippen molar-refractivity contribution in [2.45, 2.75) is 17.0 Å². The van der Waals surface area contributed by atoms with Crippen molar-refractivity contribution in [1.82, 2.24) is 0 Å². The third kappa shape index (κ3) is 4.09. The maximum absolute atomic E-state index is 11.0. The van der Waals surface area contributed by atoms with E-state index in [1.807, 2.05) is 0 Å². The molecule has 0 aromatic rings. The van der Waals surface area contributed by atoms with E-state index < -0.39 is 15.1 Å². The number of esters is 2. The van der Waals surface area contributed by atoms with Gasteiger partial charge in [0.25, 0.3) is 0 Å². The molecule has 5 heteroatoms. The van der Waals surface area contributed by atoms with Gasteiger partial charge in [-0.3, -0.25) is 0 Å². The Hall–Kier alpha value is -0.0600. The van der Waals surface area contributed by atoms with E-state index in [4.69, 9.17) is 0 Å². The van der Waals surface area contributed by atoms with Crippen molar-refractivity contribution in [1.29, 1.82) is 0 Å². The van der Waals surface area contributed by atoms with Gasteiger partial charge in [0.1, 0.15) is 0 Å². The molecule has 0 N–H and O–H groups in total. The minimum atomic E-state index is -0.676. The van der Waals surface area contributed by atoms with E-state index in [2.05, 4.69) is 9.47 Å². The molecule has 0 aliphatic rings. The van der Waals surface area contributed by atoms with E-state index in [0.717, 1.165) is 0 Å². The third-order valence-electron chi connectivity index (χ3n) is 1.28. The molecule has 0 spiro atoms. The summed E-state index contributed by atoms with van der Waals surface area (Å²) in [6.45, 7) is 4.02. The van der Waals surface area contributed by atoms with Crippen LogP contribution in [0.4, 0.5) is 0 Å². The Balaban J connectivity index is 3.91. The minimum absolute atomic E-state index is 0.303. The second-order valence-corrected chi connectivity index (χ2v) is 3.38. The second-order valence-electron chi connectivity index (χ2n) is 2.23. The van der Waals surface area contributed by atoms with Crippen LogP contribution in [-0.2, 0) is 19.1 Å². The first-order valence-electron chi connectivity index (χ1n) is 3.96. The molecule has 0 radical (unpaired) electrons. The average Bonchev–Trinajstić information content (AvgIpc) is 2.04. The predicted octanol–water partition coefficient (Wildman–Crippen LogP) is 0.0696. The molecule has 0 amide bonds. The molecule has 0 bridgehead atoms. The molecule has 0 rings (SSSR count). The van der Waals surface area contributed by atoms with Crippen molar-refractivity contribution in [2.24, 2.45) is 0 Å². The summed E-state index contributed by atoms with van der Waals surface area (Å²) in [7, 11) is 0. The number of hydrogen-bond acceptors (Lipinski definition) is 4. The topological polar surface area (TPSA) is 52.6 Å². The molecule has 0 saturated carbocycles. The summed E-state index contributed by atoms with van der Waals surface area (Å²) in [6.07, 6.45) is 0. The molecule has 4 nitrogen and oxygen atoms in total. The molecular weight excluding hydrogens is 171 g/mol. The number of carbonyl (C=O) groups excluding carboxylic acids is 2. The molecule has 0 atom stereocenters. The van der Waals surface area contributed by atoms with Crippen molar-refractivity contribution in [2.75, 3.05) is 13.2 Å². The van der Waals surface area contributed by atoms with Crippen LogP contribution < -0.4 is 0 Å². The van der Waals surface area contributed by atoms with Crippen molar-refractivity contribution >= 4 is 39.9 Å². The second kappa shape index (κ2) is 6.46. The monoisotopic (exact) mass is 182 g/mol. The fraction of sp³-hybridized carbons (Fsp3) is 0.714. The Labute approximate surface area is 89.0 Å². The number of hydrogen-bond donors (Lipinski definition) is 0. The van der Waals surface area contributed by atoms with Crippen LogP contribution in [-0.4, -0.2) is 53.1 Å². The van der Waals surface area contributed by atoms with E-state index >= 15 is 0 Å². The van der Waals surface area contributed by atoms with Gasteiger partial charge in [0.05, 0.1) is 0 Å². The van der Waals surface area contributed by atoms with E-state index in [-0.39, 0.29) is 0 Å². The summed E-state index contributed by atoms with van der Waals surface area (Å²) in [6, 6.07) is 0. The number of ether oxygens (including phenoxy) is 2. The van der Waals surface area contributed by atoms with Gasteiger partial charge in [-0.1, -0.05) is 0 Å². The van der Waals surface area contributed by atoms with Gasteiger partial charge in [-0.25, -0.2) is 0 Å². The van der Waals surface area contributed by atoms with Crippen LogP contribution in [0.2, 0.25) is 3.17 Å². The summed E-state index contributed by atoms with van der Waals surface area (Å²) in [5.74, 6) is -0.940. The molecular formula is C7H11NaO4. The number of rotatable bonds is 4. The summed E-state index contributed by atoms with van der Waals surface area (Å²) in [5.41, 5.74) is 0. The summed E-state index contributed by atoms with van der Waals surface area (Å²) in [4.78, 5) is 21.9. The zero-order valence-electron chi connectivity index (χ0n) is 7.62. The summed E-state index contributed by atoms with van der Waals surface area (Å²) in [5, 5.41) is 0. The maximum atomic E-state index is 11.0. The van der Waals surface area contributed by atoms with E-state index in [1.54, 1.807) is 13.8 Å². The van der Waals surface area contributed by atoms with Crippen LogP contribution in [0, 0.1) is 0 Å². The van der Waals surface area contributed by atoms with Gasteiger partial charge >= 0.3 is 89.2 Å². The zero-order valence-corrected chi connectivity index (χ0v) is 9.62. The summed E-state index contributed by atoms with van der Waals surface area (Å²) < 4.78 is 8.66. The molecule has 0 fully saturated rings. The van der Waals surface area contributed by atoms with Crippen molar-refractivity contribution in [3.05, 3.63) is 0 Å². The van der Waals surface area contributed by atoms with E-state index in [1.165, 1.54) is 0 Å². The Morgan fingerprint density at radius 1 is 1.17 bits per heavy atom. The van der Waals surface area contributed by atoms with Crippen LogP contribution in [0.3, 0.4) is 0 Å². The Morgan fingerprint density at radius 3 is 1.75 bits per heavy atom. The molecule has 0 heterocycles. The SMILES string of the molecule is CCOC(=O)[CH]([Na])C(=O)OCC. The van der Waals surface area contributed by atoms with Crippen LogP contribution in [0.25, 0.3) is 0 Å². The first-order chi connectivity index (χ1) is 5.63. The Morgan fingerprint density at radius 2 is 1.50 bits per heavy atom. The molecule has 0 aromatic heterocycles. The van der Waals surface area contributed by atoms with Gasteiger partial charge in [-0.05, 0) is 0 Å². The fourth-order valence-electron chi connectivity index (χ4n) is 0.631. The van der Waals surface area contributed by atoms with Crippen LogP contribution in [0.1, 0.15) is 13.8 Å². The first kappa shape index (κ1) is 11.9. The third-order valence-corrected chi connectivity index (χ3v) is 2.22. The predicted molar refractivity (Wildman–Crippen MR) is 42.8 cm³/mol. The Kier molecular flexibility index (Phi) is 6.42. The van der Waals surface area contributed by atoms with Crippen LogP contribution in [0.15, 0.2) is 0 Å². The van der Waals surface area contributed by atoms with E-state index in [0.29, 0.717) is 41.1 Å². The summed E-state index contributed by atoms with van der Waals surface area (Å²) >= 11 is 0.436. The van der Waals surface area contributed by atoms with Gasteiger partial charge < -0.3 is 0 Å². The van der Waals surface area contributed by atoms with Gasteiger partial charge in [-0.15, -0.1) is 0 Å². The molecule has 12 heavy (non-hydrogen) atoms. The van der Waals surface area contributed by atoms with Gasteiger partial charge in [-0.2, -0.15) is 0 Å². The van der Waals surface area contributed by atoms with Gasteiger partial charge in [0, 0.05) is 0 Å². The molecule has 64 valence electrons. The van der Waals surface area contributed by atoms with Crippen molar-refractivity contribution < 1.29 is 19.1 Å². The van der Waals surface area contributed by atoms with Crippen LogP contribution in [0.5, 0.6) is 0 Å². The standard InChI is InChI=1S/C7H11O4.Na/c1-3-10-6(8)5-7(9)11-4-2;/h5H,3-4H2,1-2H3;. The van der Waals surface area contributed by atoms with Gasteiger partial charge in [0.2, 0.25) is 0 Å². The molecule has 0 aliphatic heterocycles. The average molecular weight is 182 g/mol. The van der Waals surface area contributed by atoms with E-state index in [9.17, 15) is 9.59 Å². The van der Waals surface area contributed by atoms with Crippen molar-refractivity contribution in [3.8, 4) is 0 Å². The van der Waals surface area contributed by atoms with Crippen molar-refractivity contribution in [3.63, 3.8) is 0 Å².